The molecular weight excluding hydrogens is 402 g/mol. The number of rotatable bonds is 7. The summed E-state index contributed by atoms with van der Waals surface area (Å²) in [6.07, 6.45) is 1.80. The highest BCUT2D eigenvalue weighted by Crippen LogP contribution is 2.24. The quantitative estimate of drug-likeness (QED) is 0.633. The molecule has 0 saturated heterocycles. The molecule has 0 heterocycles. The second-order valence-corrected chi connectivity index (χ2v) is 8.51. The monoisotopic (exact) mass is 423 g/mol. The molecule has 0 radical (unpaired) electrons. The number of amides is 2. The van der Waals surface area contributed by atoms with Crippen LogP contribution in [-0.4, -0.2) is 32.5 Å². The summed E-state index contributed by atoms with van der Waals surface area (Å²) in [4.78, 5) is 25.1. The minimum Gasteiger partial charge on any atom is -0.350 e. The van der Waals surface area contributed by atoms with Crippen molar-refractivity contribution in [1.29, 1.82) is 0 Å². The highest BCUT2D eigenvalue weighted by atomic mass is 35.5. The maximum absolute atomic E-state index is 12.6. The van der Waals surface area contributed by atoms with Crippen LogP contribution in [-0.2, 0) is 10.0 Å². The first-order valence-corrected chi connectivity index (χ1v) is 10.9. The molecule has 0 aliphatic rings. The standard InChI is InChI=1S/C19H22ClN3O4S/c1-4-12(2)21-19(25)15-7-5-6-8-17(15)22-18(24)14-10-9-13(11-16(14)20)23-28(3,26)27/h5-12,23H,4H2,1-3H3,(H,21,25)(H,22,24)/t12-/m1/s1. The van der Waals surface area contributed by atoms with Crippen molar-refractivity contribution in [2.24, 2.45) is 0 Å². The molecule has 0 bridgehead atoms. The van der Waals surface area contributed by atoms with Crippen LogP contribution < -0.4 is 15.4 Å². The summed E-state index contributed by atoms with van der Waals surface area (Å²) < 4.78 is 24.9. The normalized spacial score (nSPS) is 12.1. The highest BCUT2D eigenvalue weighted by Gasteiger charge is 2.17. The lowest BCUT2D eigenvalue weighted by molar-refractivity contribution is 0.0940. The van der Waals surface area contributed by atoms with Crippen LogP contribution in [0.25, 0.3) is 0 Å². The smallest absolute Gasteiger partial charge is 0.257 e. The molecule has 0 spiro atoms. The Bertz CT molecular complexity index is 992. The molecule has 2 aromatic rings. The van der Waals surface area contributed by atoms with Gasteiger partial charge in [0, 0.05) is 11.7 Å². The van der Waals surface area contributed by atoms with Gasteiger partial charge in [-0.05, 0) is 43.7 Å². The van der Waals surface area contributed by atoms with E-state index in [0.717, 1.165) is 12.7 Å². The third-order valence-corrected chi connectivity index (χ3v) is 4.85. The molecule has 2 aromatic carbocycles. The molecule has 2 rings (SSSR count). The van der Waals surface area contributed by atoms with E-state index in [1.807, 2.05) is 13.8 Å². The van der Waals surface area contributed by atoms with Crippen LogP contribution in [0.5, 0.6) is 0 Å². The molecule has 0 saturated carbocycles. The van der Waals surface area contributed by atoms with Gasteiger partial charge in [-0.15, -0.1) is 0 Å². The summed E-state index contributed by atoms with van der Waals surface area (Å²) in [7, 11) is -3.46. The van der Waals surface area contributed by atoms with Crippen LogP contribution in [0.15, 0.2) is 42.5 Å². The van der Waals surface area contributed by atoms with Crippen LogP contribution >= 0.6 is 11.6 Å². The van der Waals surface area contributed by atoms with Crippen LogP contribution in [0.4, 0.5) is 11.4 Å². The van der Waals surface area contributed by atoms with Crippen molar-refractivity contribution >= 4 is 44.8 Å². The van der Waals surface area contributed by atoms with Gasteiger partial charge in [0.25, 0.3) is 11.8 Å². The molecule has 0 fully saturated rings. The van der Waals surface area contributed by atoms with Gasteiger partial charge in [0.15, 0.2) is 0 Å². The number of benzene rings is 2. The Hall–Kier alpha value is -2.58. The van der Waals surface area contributed by atoms with Crippen molar-refractivity contribution in [1.82, 2.24) is 5.32 Å². The third kappa shape index (κ3) is 5.97. The molecule has 3 N–H and O–H groups in total. The summed E-state index contributed by atoms with van der Waals surface area (Å²) in [6.45, 7) is 3.86. The van der Waals surface area contributed by atoms with E-state index in [1.54, 1.807) is 24.3 Å². The maximum atomic E-state index is 12.6. The SMILES string of the molecule is CC[C@@H](C)NC(=O)c1ccccc1NC(=O)c1ccc(NS(C)(=O)=O)cc1Cl. The molecule has 9 heteroatoms. The second-order valence-electron chi connectivity index (χ2n) is 6.35. The molecule has 2 amide bonds. The lowest BCUT2D eigenvalue weighted by Crippen LogP contribution is -2.32. The fourth-order valence-electron chi connectivity index (χ4n) is 2.36. The zero-order chi connectivity index (χ0) is 20.9. The predicted molar refractivity (Wildman–Crippen MR) is 112 cm³/mol. The molecule has 0 aliphatic heterocycles. The van der Waals surface area contributed by atoms with Gasteiger partial charge in [-0.3, -0.25) is 14.3 Å². The Kier molecular flexibility index (Phi) is 7.04. The lowest BCUT2D eigenvalue weighted by atomic mass is 10.1. The van der Waals surface area contributed by atoms with Crippen molar-refractivity contribution in [3.63, 3.8) is 0 Å². The van der Waals surface area contributed by atoms with Crippen molar-refractivity contribution in [2.75, 3.05) is 16.3 Å². The minimum absolute atomic E-state index is 0.000547. The topological polar surface area (TPSA) is 104 Å². The maximum Gasteiger partial charge on any atom is 0.257 e. The van der Waals surface area contributed by atoms with Crippen molar-refractivity contribution < 1.29 is 18.0 Å². The predicted octanol–water partition coefficient (Wildman–Crippen LogP) is 3.49. The van der Waals surface area contributed by atoms with Crippen LogP contribution in [0.3, 0.4) is 0 Å². The van der Waals surface area contributed by atoms with Crippen molar-refractivity contribution in [2.45, 2.75) is 26.3 Å². The minimum atomic E-state index is -3.46. The third-order valence-electron chi connectivity index (χ3n) is 3.93. The van der Waals surface area contributed by atoms with Gasteiger partial charge in [0.2, 0.25) is 10.0 Å². The van der Waals surface area contributed by atoms with E-state index in [-0.39, 0.29) is 28.2 Å². The zero-order valence-corrected chi connectivity index (χ0v) is 17.3. The summed E-state index contributed by atoms with van der Waals surface area (Å²) in [5, 5.41) is 5.62. The van der Waals surface area contributed by atoms with E-state index in [2.05, 4.69) is 15.4 Å². The molecule has 1 atom stereocenters. The highest BCUT2D eigenvalue weighted by molar-refractivity contribution is 7.92. The average molecular weight is 424 g/mol. The number of halogens is 1. The Morgan fingerprint density at radius 1 is 1.07 bits per heavy atom. The summed E-state index contributed by atoms with van der Waals surface area (Å²) in [5.41, 5.74) is 1.08. The molecule has 150 valence electrons. The molecule has 7 nitrogen and oxygen atoms in total. The number of hydrogen-bond donors (Lipinski definition) is 3. The fraction of sp³-hybridized carbons (Fsp3) is 0.263. The molecule has 0 aromatic heterocycles. The summed E-state index contributed by atoms with van der Waals surface area (Å²) in [6, 6.07) is 10.8. The number of sulfonamides is 1. The van der Waals surface area contributed by atoms with Gasteiger partial charge in [0.05, 0.1) is 28.1 Å². The van der Waals surface area contributed by atoms with Gasteiger partial charge in [-0.2, -0.15) is 0 Å². The van der Waals surface area contributed by atoms with Gasteiger partial charge < -0.3 is 10.6 Å². The molecule has 0 unspecified atom stereocenters. The van der Waals surface area contributed by atoms with Gasteiger partial charge in [-0.1, -0.05) is 30.7 Å². The Morgan fingerprint density at radius 3 is 2.36 bits per heavy atom. The van der Waals surface area contributed by atoms with Gasteiger partial charge in [-0.25, -0.2) is 8.42 Å². The van der Waals surface area contributed by atoms with Gasteiger partial charge in [0.1, 0.15) is 0 Å². The molecule has 28 heavy (non-hydrogen) atoms. The van der Waals surface area contributed by atoms with E-state index < -0.39 is 15.9 Å². The molecular formula is C19H22ClN3O4S. The van der Waals surface area contributed by atoms with Crippen LogP contribution in [0.2, 0.25) is 5.02 Å². The number of para-hydroxylation sites is 1. The first-order chi connectivity index (χ1) is 13.1. The Balaban J connectivity index is 2.23. The number of carbonyl (C=O) groups excluding carboxylic acids is 2. The summed E-state index contributed by atoms with van der Waals surface area (Å²) >= 11 is 6.13. The van der Waals surface area contributed by atoms with E-state index in [0.29, 0.717) is 11.3 Å². The van der Waals surface area contributed by atoms with Crippen molar-refractivity contribution in [3.8, 4) is 0 Å². The molecule has 0 aliphatic carbocycles. The van der Waals surface area contributed by atoms with Gasteiger partial charge >= 0.3 is 0 Å². The average Bonchev–Trinajstić information content (AvgIpc) is 2.60. The zero-order valence-electron chi connectivity index (χ0n) is 15.7. The largest absolute Gasteiger partial charge is 0.350 e. The number of anilines is 2. The van der Waals surface area contributed by atoms with E-state index in [1.165, 1.54) is 18.2 Å². The fourth-order valence-corrected chi connectivity index (χ4v) is 3.18. The van der Waals surface area contributed by atoms with Crippen LogP contribution in [0, 0.1) is 0 Å². The second kappa shape index (κ2) is 9.07. The number of nitrogens with one attached hydrogen (secondary N) is 3. The Labute approximate surface area is 169 Å². The van der Waals surface area contributed by atoms with E-state index in [4.69, 9.17) is 11.6 Å². The number of carbonyl (C=O) groups is 2. The van der Waals surface area contributed by atoms with Crippen molar-refractivity contribution in [3.05, 3.63) is 58.6 Å². The lowest BCUT2D eigenvalue weighted by Gasteiger charge is -2.15. The number of hydrogen-bond acceptors (Lipinski definition) is 4. The van der Waals surface area contributed by atoms with Crippen LogP contribution in [0.1, 0.15) is 41.0 Å². The van der Waals surface area contributed by atoms with E-state index in [9.17, 15) is 18.0 Å². The van der Waals surface area contributed by atoms with E-state index >= 15 is 0 Å². The first-order valence-electron chi connectivity index (χ1n) is 8.59. The first kappa shape index (κ1) is 21.7. The Morgan fingerprint density at radius 2 is 1.75 bits per heavy atom. The summed E-state index contributed by atoms with van der Waals surface area (Å²) in [5.74, 6) is -0.802.